The van der Waals surface area contributed by atoms with Crippen LogP contribution < -0.4 is 4.74 Å². The maximum atomic E-state index is 14.7. The van der Waals surface area contributed by atoms with Crippen molar-refractivity contribution < 1.29 is 22.3 Å². The summed E-state index contributed by atoms with van der Waals surface area (Å²) in [7, 11) is 0. The molecule has 0 bridgehead atoms. The molecule has 0 amide bonds. The third-order valence-corrected chi connectivity index (χ3v) is 6.67. The van der Waals surface area contributed by atoms with Crippen molar-refractivity contribution >= 4 is 6.08 Å². The van der Waals surface area contributed by atoms with Crippen LogP contribution in [0.4, 0.5) is 17.6 Å². The van der Waals surface area contributed by atoms with Gasteiger partial charge in [-0.1, -0.05) is 72.8 Å². The summed E-state index contributed by atoms with van der Waals surface area (Å²) in [6.07, 6.45) is 7.85. The van der Waals surface area contributed by atoms with Gasteiger partial charge < -0.3 is 4.74 Å². The predicted molar refractivity (Wildman–Crippen MR) is 132 cm³/mol. The molecule has 1 saturated carbocycles. The smallest absolute Gasteiger partial charge is 0.200 e. The topological polar surface area (TPSA) is 9.23 Å². The summed E-state index contributed by atoms with van der Waals surface area (Å²) in [6, 6.07) is 13.5. The predicted octanol–water partition coefficient (Wildman–Crippen LogP) is 8.77. The molecule has 0 aliphatic heterocycles. The number of aryl methyl sites for hydroxylation is 1. The van der Waals surface area contributed by atoms with Gasteiger partial charge in [0, 0.05) is 11.1 Å². The molecule has 35 heavy (non-hydrogen) atoms. The van der Waals surface area contributed by atoms with Crippen LogP contribution in [0, 0.1) is 36.1 Å². The van der Waals surface area contributed by atoms with Crippen LogP contribution in [0.25, 0.3) is 17.2 Å². The lowest BCUT2D eigenvalue weighted by atomic mass is 9.78. The number of rotatable bonds is 7. The van der Waals surface area contributed by atoms with Crippen molar-refractivity contribution in [3.8, 4) is 16.9 Å². The van der Waals surface area contributed by atoms with Crippen molar-refractivity contribution in [3.05, 3.63) is 107 Å². The van der Waals surface area contributed by atoms with Gasteiger partial charge in [0.25, 0.3) is 0 Å². The van der Waals surface area contributed by atoms with Gasteiger partial charge in [-0.2, -0.15) is 4.39 Å². The van der Waals surface area contributed by atoms with Crippen LogP contribution in [-0.2, 0) is 0 Å². The number of halogens is 4. The van der Waals surface area contributed by atoms with Gasteiger partial charge >= 0.3 is 0 Å². The lowest BCUT2D eigenvalue weighted by Crippen LogP contribution is -2.14. The van der Waals surface area contributed by atoms with Crippen molar-refractivity contribution in [3.63, 3.8) is 0 Å². The number of ether oxygens (including phenoxy) is 1. The van der Waals surface area contributed by atoms with Crippen LogP contribution in [0.5, 0.6) is 5.75 Å². The molecule has 0 spiro atoms. The third-order valence-electron chi connectivity index (χ3n) is 6.67. The Balaban J connectivity index is 1.41. The zero-order chi connectivity index (χ0) is 24.9. The fourth-order valence-corrected chi connectivity index (χ4v) is 4.63. The largest absolute Gasteiger partial charge is 0.486 e. The molecular formula is C30H28F4O. The number of hydrogen-bond donors (Lipinski definition) is 0. The first-order chi connectivity index (χ1) is 16.9. The summed E-state index contributed by atoms with van der Waals surface area (Å²) >= 11 is 0. The minimum Gasteiger partial charge on any atom is -0.486 e. The minimum atomic E-state index is -0.974. The van der Waals surface area contributed by atoms with Crippen LogP contribution in [-0.4, -0.2) is 6.61 Å². The Morgan fingerprint density at radius 2 is 1.54 bits per heavy atom. The van der Waals surface area contributed by atoms with E-state index in [1.54, 1.807) is 36.4 Å². The highest BCUT2D eigenvalue weighted by Gasteiger charge is 2.26. The van der Waals surface area contributed by atoms with Crippen LogP contribution in [0.15, 0.2) is 67.3 Å². The Labute approximate surface area is 203 Å². The first kappa shape index (κ1) is 24.8. The average molecular weight is 481 g/mol. The fourth-order valence-electron chi connectivity index (χ4n) is 4.63. The average Bonchev–Trinajstić information content (AvgIpc) is 2.87. The van der Waals surface area contributed by atoms with E-state index in [2.05, 4.69) is 6.58 Å². The van der Waals surface area contributed by atoms with Crippen LogP contribution >= 0.6 is 0 Å². The van der Waals surface area contributed by atoms with Gasteiger partial charge in [-0.3, -0.25) is 0 Å². The van der Waals surface area contributed by atoms with E-state index in [4.69, 9.17) is 4.74 Å². The molecule has 1 nitrogen and oxygen atoms in total. The normalized spacial score (nSPS) is 18.1. The molecule has 0 unspecified atom stereocenters. The Bertz CT molecular complexity index is 1220. The van der Waals surface area contributed by atoms with Gasteiger partial charge in [0.15, 0.2) is 23.2 Å². The highest BCUT2D eigenvalue weighted by Crippen LogP contribution is 2.39. The molecule has 0 saturated heterocycles. The summed E-state index contributed by atoms with van der Waals surface area (Å²) in [5, 5.41) is 0. The molecular weight excluding hydrogens is 452 g/mol. The Morgan fingerprint density at radius 1 is 0.829 bits per heavy atom. The third kappa shape index (κ3) is 5.50. The lowest BCUT2D eigenvalue weighted by Gasteiger charge is -2.27. The second kappa shape index (κ2) is 10.9. The molecule has 0 aromatic heterocycles. The molecule has 1 aliphatic rings. The maximum Gasteiger partial charge on any atom is 0.200 e. The quantitative estimate of drug-likeness (QED) is 0.243. The van der Waals surface area contributed by atoms with Gasteiger partial charge in [0.05, 0.1) is 0 Å². The van der Waals surface area contributed by atoms with E-state index in [1.165, 1.54) is 12.1 Å². The van der Waals surface area contributed by atoms with E-state index in [0.717, 1.165) is 18.4 Å². The molecule has 1 fully saturated rings. The van der Waals surface area contributed by atoms with Crippen molar-refractivity contribution in [2.75, 3.05) is 6.61 Å². The second-order valence-corrected chi connectivity index (χ2v) is 9.05. The van der Waals surface area contributed by atoms with Crippen molar-refractivity contribution in [2.24, 2.45) is 5.92 Å². The summed E-state index contributed by atoms with van der Waals surface area (Å²) in [5.74, 6) is -3.62. The first-order valence-corrected chi connectivity index (χ1v) is 11.8. The monoisotopic (exact) mass is 480 g/mol. The van der Waals surface area contributed by atoms with E-state index in [1.807, 2.05) is 25.1 Å². The summed E-state index contributed by atoms with van der Waals surface area (Å²) in [6.45, 7) is 5.54. The van der Waals surface area contributed by atoms with E-state index >= 15 is 0 Å². The van der Waals surface area contributed by atoms with E-state index in [0.29, 0.717) is 24.0 Å². The number of allylic oxidation sites excluding steroid dienone is 1. The molecule has 3 aromatic rings. The van der Waals surface area contributed by atoms with Gasteiger partial charge in [0.2, 0.25) is 5.82 Å². The van der Waals surface area contributed by atoms with E-state index in [9.17, 15) is 17.6 Å². The summed E-state index contributed by atoms with van der Waals surface area (Å²) < 4.78 is 63.6. The zero-order valence-corrected chi connectivity index (χ0v) is 19.7. The Morgan fingerprint density at radius 3 is 2.23 bits per heavy atom. The molecule has 0 atom stereocenters. The number of benzene rings is 3. The van der Waals surface area contributed by atoms with Crippen molar-refractivity contribution in [1.82, 2.24) is 0 Å². The van der Waals surface area contributed by atoms with Crippen molar-refractivity contribution in [1.29, 1.82) is 0 Å². The van der Waals surface area contributed by atoms with Crippen LogP contribution in [0.1, 0.15) is 48.3 Å². The van der Waals surface area contributed by atoms with Crippen molar-refractivity contribution in [2.45, 2.75) is 38.5 Å². The Hall–Kier alpha value is -3.34. The lowest BCUT2D eigenvalue weighted by molar-refractivity contribution is 0.326. The standard InChI is InChI=1S/C30H28F4O/c1-3-18-35-26-17-16-25(29(33)30(26)34)22-11-6-20(7-12-22)8-13-23-14-15-24(28(32)27(23)31)21-9-4-19(2)5-10-21/h3-5,8-10,13-17,20,22H,1,6-7,11-12,18H2,2H3/b13-8+. The first-order valence-electron chi connectivity index (χ1n) is 11.8. The van der Waals surface area contributed by atoms with E-state index in [-0.39, 0.29) is 35.3 Å². The molecule has 3 aromatic carbocycles. The van der Waals surface area contributed by atoms with Gasteiger partial charge in [0.1, 0.15) is 6.61 Å². The fraction of sp³-hybridized carbons (Fsp3) is 0.267. The molecule has 0 radical (unpaired) electrons. The Kier molecular flexibility index (Phi) is 7.74. The van der Waals surface area contributed by atoms with Gasteiger partial charge in [-0.15, -0.1) is 0 Å². The van der Waals surface area contributed by atoms with Crippen LogP contribution in [0.3, 0.4) is 0 Å². The SMILES string of the molecule is C=CCOc1ccc(C2CCC(/C=C/c3ccc(-c4ccc(C)cc4)c(F)c3F)CC2)c(F)c1F. The summed E-state index contributed by atoms with van der Waals surface area (Å²) in [4.78, 5) is 0. The van der Waals surface area contributed by atoms with Gasteiger partial charge in [-0.25, -0.2) is 13.2 Å². The van der Waals surface area contributed by atoms with E-state index < -0.39 is 23.3 Å². The molecule has 4 rings (SSSR count). The molecule has 0 heterocycles. The minimum absolute atomic E-state index is 0.0921. The highest BCUT2D eigenvalue weighted by atomic mass is 19.2. The highest BCUT2D eigenvalue weighted by molar-refractivity contribution is 5.67. The zero-order valence-electron chi connectivity index (χ0n) is 19.7. The molecule has 1 aliphatic carbocycles. The van der Waals surface area contributed by atoms with Crippen LogP contribution in [0.2, 0.25) is 0 Å². The summed E-state index contributed by atoms with van der Waals surface area (Å²) in [5.41, 5.74) is 2.46. The second-order valence-electron chi connectivity index (χ2n) is 9.05. The maximum absolute atomic E-state index is 14.7. The number of hydrogen-bond acceptors (Lipinski definition) is 1. The molecule has 5 heteroatoms. The van der Waals surface area contributed by atoms with Gasteiger partial charge in [-0.05, 0) is 61.6 Å². The molecule has 182 valence electrons. The molecule has 0 N–H and O–H groups in total.